The van der Waals surface area contributed by atoms with Gasteiger partial charge in [-0.2, -0.15) is 0 Å². The average Bonchev–Trinajstić information content (AvgIpc) is 2.27. The maximum absolute atomic E-state index is 12.1. The summed E-state index contributed by atoms with van der Waals surface area (Å²) in [5, 5.41) is 2.94. The van der Waals surface area contributed by atoms with E-state index in [-0.39, 0.29) is 5.91 Å². The highest BCUT2D eigenvalue weighted by Crippen LogP contribution is 2.16. The van der Waals surface area contributed by atoms with Gasteiger partial charge in [-0.3, -0.25) is 4.79 Å². The first-order valence-corrected chi connectivity index (χ1v) is 6.50. The van der Waals surface area contributed by atoms with Crippen LogP contribution in [0.5, 0.6) is 0 Å². The molecule has 0 saturated carbocycles. The molecule has 1 N–H and O–H groups in total. The van der Waals surface area contributed by atoms with E-state index in [2.05, 4.69) is 5.32 Å². The molecule has 3 heteroatoms. The number of benzene rings is 1. The fourth-order valence-corrected chi connectivity index (χ4v) is 2.15. The number of amides is 1. The van der Waals surface area contributed by atoms with E-state index in [4.69, 9.17) is 4.74 Å². The van der Waals surface area contributed by atoms with Gasteiger partial charge >= 0.3 is 0 Å². The molecule has 0 atom stereocenters. The monoisotopic (exact) mass is 249 g/mol. The summed E-state index contributed by atoms with van der Waals surface area (Å²) >= 11 is 0. The zero-order valence-electron chi connectivity index (χ0n) is 11.8. The molecule has 0 aromatic heterocycles. The maximum atomic E-state index is 12.1. The van der Waals surface area contributed by atoms with Crippen molar-refractivity contribution in [3.05, 3.63) is 34.4 Å². The average molecular weight is 249 g/mol. The minimum absolute atomic E-state index is 0.0153. The van der Waals surface area contributed by atoms with Crippen LogP contribution in [0.3, 0.4) is 0 Å². The van der Waals surface area contributed by atoms with Gasteiger partial charge in [-0.25, -0.2) is 0 Å². The van der Waals surface area contributed by atoms with Crippen molar-refractivity contribution < 1.29 is 9.53 Å². The lowest BCUT2D eigenvalue weighted by Gasteiger charge is -2.11. The first kappa shape index (κ1) is 14.7. The van der Waals surface area contributed by atoms with Gasteiger partial charge in [-0.15, -0.1) is 0 Å². The minimum atomic E-state index is 0.0153. The number of carbonyl (C=O) groups excluding carboxylic acids is 1. The van der Waals surface area contributed by atoms with Gasteiger partial charge in [0.1, 0.15) is 0 Å². The van der Waals surface area contributed by atoms with Gasteiger partial charge in [0.15, 0.2) is 0 Å². The van der Waals surface area contributed by atoms with Crippen molar-refractivity contribution in [1.82, 2.24) is 5.32 Å². The second-order valence-corrected chi connectivity index (χ2v) is 4.58. The zero-order valence-corrected chi connectivity index (χ0v) is 11.8. The summed E-state index contributed by atoms with van der Waals surface area (Å²) in [6.07, 6.45) is 0.851. The molecular formula is C15H23NO2. The molecule has 0 spiro atoms. The van der Waals surface area contributed by atoms with Crippen LogP contribution in [0.1, 0.15) is 40.4 Å². The van der Waals surface area contributed by atoms with E-state index in [1.54, 1.807) is 0 Å². The molecule has 0 saturated heterocycles. The Morgan fingerprint density at radius 3 is 2.39 bits per heavy atom. The third kappa shape index (κ3) is 4.15. The molecule has 3 nitrogen and oxygen atoms in total. The van der Waals surface area contributed by atoms with E-state index in [0.717, 1.165) is 29.7 Å². The molecule has 0 radical (unpaired) electrons. The molecule has 1 amide bonds. The van der Waals surface area contributed by atoms with E-state index in [1.807, 2.05) is 39.8 Å². The van der Waals surface area contributed by atoms with Crippen molar-refractivity contribution in [2.24, 2.45) is 0 Å². The minimum Gasteiger partial charge on any atom is -0.382 e. The van der Waals surface area contributed by atoms with Crippen molar-refractivity contribution in [3.8, 4) is 0 Å². The van der Waals surface area contributed by atoms with Gasteiger partial charge in [0.2, 0.25) is 0 Å². The predicted octanol–water partition coefficient (Wildman–Crippen LogP) is 2.77. The summed E-state index contributed by atoms with van der Waals surface area (Å²) in [4.78, 5) is 12.1. The second-order valence-electron chi connectivity index (χ2n) is 4.58. The number of aryl methyl sites for hydroxylation is 3. The standard InChI is InChI=1S/C15H23NO2/c1-5-18-8-6-7-16-15(17)14-12(3)9-11(2)10-13(14)4/h9-10H,5-8H2,1-4H3,(H,16,17). The molecule has 100 valence electrons. The van der Waals surface area contributed by atoms with E-state index in [9.17, 15) is 4.79 Å². The molecule has 0 aliphatic carbocycles. The molecule has 0 bridgehead atoms. The van der Waals surface area contributed by atoms with Crippen molar-refractivity contribution in [2.75, 3.05) is 19.8 Å². The highest BCUT2D eigenvalue weighted by atomic mass is 16.5. The van der Waals surface area contributed by atoms with Crippen LogP contribution < -0.4 is 5.32 Å². The molecule has 0 aliphatic rings. The van der Waals surface area contributed by atoms with Crippen LogP contribution in [0.25, 0.3) is 0 Å². The Balaban J connectivity index is 2.57. The van der Waals surface area contributed by atoms with Crippen molar-refractivity contribution in [2.45, 2.75) is 34.1 Å². The Bertz CT molecular complexity index is 390. The van der Waals surface area contributed by atoms with E-state index in [0.29, 0.717) is 13.2 Å². The van der Waals surface area contributed by atoms with Gasteiger partial charge in [-0.1, -0.05) is 17.7 Å². The number of carbonyl (C=O) groups is 1. The molecule has 1 aromatic rings. The topological polar surface area (TPSA) is 38.3 Å². The first-order valence-electron chi connectivity index (χ1n) is 6.50. The van der Waals surface area contributed by atoms with E-state index in [1.165, 1.54) is 5.56 Å². The molecule has 0 heterocycles. The zero-order chi connectivity index (χ0) is 13.5. The van der Waals surface area contributed by atoms with Crippen LogP contribution in [-0.4, -0.2) is 25.7 Å². The van der Waals surface area contributed by atoms with Crippen molar-refractivity contribution >= 4 is 5.91 Å². The van der Waals surface area contributed by atoms with Gasteiger partial charge < -0.3 is 10.1 Å². The molecule has 0 fully saturated rings. The lowest BCUT2D eigenvalue weighted by atomic mass is 9.99. The molecule has 1 rings (SSSR count). The smallest absolute Gasteiger partial charge is 0.251 e. The maximum Gasteiger partial charge on any atom is 0.251 e. The van der Waals surface area contributed by atoms with E-state index < -0.39 is 0 Å². The van der Waals surface area contributed by atoms with Gasteiger partial charge in [0.05, 0.1) is 0 Å². The largest absolute Gasteiger partial charge is 0.382 e. The summed E-state index contributed by atoms with van der Waals surface area (Å²) in [6.45, 7) is 10.1. The molecule has 0 unspecified atom stereocenters. The number of rotatable bonds is 6. The summed E-state index contributed by atoms with van der Waals surface area (Å²) in [7, 11) is 0. The Hall–Kier alpha value is -1.35. The van der Waals surface area contributed by atoms with Crippen LogP contribution in [0.2, 0.25) is 0 Å². The highest BCUT2D eigenvalue weighted by molar-refractivity contribution is 5.97. The Morgan fingerprint density at radius 2 is 1.83 bits per heavy atom. The van der Waals surface area contributed by atoms with Gasteiger partial charge in [0.25, 0.3) is 5.91 Å². The van der Waals surface area contributed by atoms with Gasteiger partial charge in [0, 0.05) is 25.3 Å². The number of hydrogen-bond donors (Lipinski definition) is 1. The predicted molar refractivity (Wildman–Crippen MR) is 74.1 cm³/mol. The Labute approximate surface area is 110 Å². The van der Waals surface area contributed by atoms with E-state index >= 15 is 0 Å². The number of nitrogens with one attached hydrogen (secondary N) is 1. The summed E-state index contributed by atoms with van der Waals surface area (Å²) in [5.41, 5.74) is 4.07. The lowest BCUT2D eigenvalue weighted by Crippen LogP contribution is -2.26. The third-order valence-electron chi connectivity index (χ3n) is 2.86. The molecular weight excluding hydrogens is 226 g/mol. The highest BCUT2D eigenvalue weighted by Gasteiger charge is 2.11. The molecule has 1 aromatic carbocycles. The summed E-state index contributed by atoms with van der Waals surface area (Å²) in [5.74, 6) is 0.0153. The lowest BCUT2D eigenvalue weighted by molar-refractivity contribution is 0.0943. The number of ether oxygens (including phenoxy) is 1. The fourth-order valence-electron chi connectivity index (χ4n) is 2.15. The van der Waals surface area contributed by atoms with Crippen molar-refractivity contribution in [3.63, 3.8) is 0 Å². The Morgan fingerprint density at radius 1 is 1.22 bits per heavy atom. The summed E-state index contributed by atoms with van der Waals surface area (Å²) < 4.78 is 5.23. The van der Waals surface area contributed by atoms with Crippen molar-refractivity contribution in [1.29, 1.82) is 0 Å². The molecule has 0 aliphatic heterocycles. The van der Waals surface area contributed by atoms with Crippen LogP contribution in [0, 0.1) is 20.8 Å². The second kappa shape index (κ2) is 7.17. The fraction of sp³-hybridized carbons (Fsp3) is 0.533. The quantitative estimate of drug-likeness (QED) is 0.787. The SMILES string of the molecule is CCOCCCNC(=O)c1c(C)cc(C)cc1C. The third-order valence-corrected chi connectivity index (χ3v) is 2.86. The van der Waals surface area contributed by atoms with Crippen LogP contribution >= 0.6 is 0 Å². The number of hydrogen-bond acceptors (Lipinski definition) is 2. The molecule has 18 heavy (non-hydrogen) atoms. The Kier molecular flexibility index (Phi) is 5.86. The first-order chi connectivity index (χ1) is 8.56. The van der Waals surface area contributed by atoms with Crippen LogP contribution in [-0.2, 0) is 4.74 Å². The van der Waals surface area contributed by atoms with Crippen LogP contribution in [0.15, 0.2) is 12.1 Å². The summed E-state index contributed by atoms with van der Waals surface area (Å²) in [6, 6.07) is 4.09. The van der Waals surface area contributed by atoms with Gasteiger partial charge in [-0.05, 0) is 45.2 Å². The van der Waals surface area contributed by atoms with Crippen LogP contribution in [0.4, 0.5) is 0 Å². The normalized spacial score (nSPS) is 10.4.